The second-order valence-electron chi connectivity index (χ2n) is 7.10. The van der Waals surface area contributed by atoms with E-state index < -0.39 is 31.0 Å². The van der Waals surface area contributed by atoms with E-state index in [-0.39, 0.29) is 6.54 Å². The number of nitrogens with zero attached hydrogens (tertiary/aromatic N) is 2. The summed E-state index contributed by atoms with van der Waals surface area (Å²) in [7, 11) is 0. The molecule has 1 aliphatic rings. The Hall–Kier alpha value is -1.09. The summed E-state index contributed by atoms with van der Waals surface area (Å²) in [5.41, 5.74) is 2.00. The van der Waals surface area contributed by atoms with Gasteiger partial charge in [-0.3, -0.25) is 9.88 Å². The fraction of sp³-hybridized carbons (Fsp3) is 0.737. The maximum absolute atomic E-state index is 10.5. The average molecular weight is 368 g/mol. The van der Waals surface area contributed by atoms with Crippen molar-refractivity contribution in [1.29, 1.82) is 0 Å². The molecule has 1 aromatic heterocycles. The number of β-amino-alcohol motifs (C(OH)–C–C–N with tert-alkyl or cyclic N) is 1. The van der Waals surface area contributed by atoms with Gasteiger partial charge in [-0.15, -0.1) is 0 Å². The van der Waals surface area contributed by atoms with Gasteiger partial charge in [0, 0.05) is 31.6 Å². The lowest BCUT2D eigenvalue weighted by molar-refractivity contribution is -0.147. The number of aliphatic hydroxyl groups excluding tert-OH is 4. The second-order valence-corrected chi connectivity index (χ2v) is 7.10. The predicted octanol–water partition coefficient (Wildman–Crippen LogP) is 0.226. The Morgan fingerprint density at radius 2 is 2.00 bits per heavy atom. The van der Waals surface area contributed by atoms with Gasteiger partial charge in [-0.05, 0) is 37.9 Å². The summed E-state index contributed by atoms with van der Waals surface area (Å²) in [6.45, 7) is 3.51. The van der Waals surface area contributed by atoms with E-state index in [2.05, 4.69) is 9.88 Å². The molecular weight excluding hydrogens is 336 g/mol. The number of rotatable bonds is 4. The molecule has 1 saturated heterocycles. The number of aliphatic hydroxyl groups is 4. The minimum Gasteiger partial charge on any atom is -0.394 e. The predicted molar refractivity (Wildman–Crippen MR) is 97.6 cm³/mol. The van der Waals surface area contributed by atoms with Crippen molar-refractivity contribution in [2.75, 3.05) is 26.3 Å². The monoisotopic (exact) mass is 368 g/mol. The molecule has 0 saturated carbocycles. The molecule has 26 heavy (non-hydrogen) atoms. The number of hydrogen-bond donors (Lipinski definition) is 4. The van der Waals surface area contributed by atoms with Crippen molar-refractivity contribution in [2.24, 2.45) is 0 Å². The molecule has 0 radical (unpaired) electrons. The van der Waals surface area contributed by atoms with Crippen LogP contribution in [0.25, 0.3) is 0 Å². The van der Waals surface area contributed by atoms with E-state index >= 15 is 0 Å². The first kappa shape index (κ1) is 21.2. The van der Waals surface area contributed by atoms with Crippen LogP contribution in [0.2, 0.25) is 0 Å². The zero-order valence-corrected chi connectivity index (χ0v) is 15.5. The standard InChI is InChI=1S/C19H32N2O5/c1-14-6-7-15(10-20-14)11-21-8-4-2-3-5-9-26-19(17(24)13-22)18(25)16(23)12-21/h6-7,10,16-19,22-25H,2-5,8-9,11-13H2,1H3/t16-,17+,18+,19+/m0/s1. The molecule has 1 aromatic rings. The van der Waals surface area contributed by atoms with Crippen LogP contribution in [0.4, 0.5) is 0 Å². The molecule has 2 rings (SSSR count). The normalized spacial score (nSPS) is 28.1. The van der Waals surface area contributed by atoms with Gasteiger partial charge in [0.1, 0.15) is 18.3 Å². The largest absolute Gasteiger partial charge is 0.394 e. The van der Waals surface area contributed by atoms with E-state index in [0.717, 1.165) is 43.5 Å². The third kappa shape index (κ3) is 6.57. The van der Waals surface area contributed by atoms with E-state index in [1.807, 2.05) is 25.3 Å². The van der Waals surface area contributed by atoms with Crippen LogP contribution in [-0.4, -0.2) is 81.0 Å². The summed E-state index contributed by atoms with van der Waals surface area (Å²) < 4.78 is 5.57. The highest BCUT2D eigenvalue weighted by molar-refractivity contribution is 5.13. The summed E-state index contributed by atoms with van der Waals surface area (Å²) in [4.78, 5) is 6.40. The average Bonchev–Trinajstić information content (AvgIpc) is 2.63. The van der Waals surface area contributed by atoms with Gasteiger partial charge in [0.15, 0.2) is 0 Å². The molecule has 0 aromatic carbocycles. The highest BCUT2D eigenvalue weighted by Gasteiger charge is 2.33. The highest BCUT2D eigenvalue weighted by Crippen LogP contribution is 2.16. The smallest absolute Gasteiger partial charge is 0.114 e. The number of aryl methyl sites for hydroxylation is 1. The third-order valence-corrected chi connectivity index (χ3v) is 4.80. The van der Waals surface area contributed by atoms with Crippen LogP contribution in [0.15, 0.2) is 18.3 Å². The summed E-state index contributed by atoms with van der Waals surface area (Å²) >= 11 is 0. The second kappa shape index (κ2) is 10.9. The molecule has 1 aliphatic heterocycles. The fourth-order valence-corrected chi connectivity index (χ4v) is 3.23. The van der Waals surface area contributed by atoms with Crippen molar-refractivity contribution < 1.29 is 25.2 Å². The molecule has 0 amide bonds. The molecule has 0 unspecified atom stereocenters. The zero-order chi connectivity index (χ0) is 18.9. The molecule has 2 heterocycles. The van der Waals surface area contributed by atoms with Crippen LogP contribution >= 0.6 is 0 Å². The highest BCUT2D eigenvalue weighted by atomic mass is 16.5. The molecule has 7 heteroatoms. The summed E-state index contributed by atoms with van der Waals surface area (Å²) in [5.74, 6) is 0. The SMILES string of the molecule is Cc1ccc(CN2CCCCCCO[C@H]([C@H](O)CO)[C@H](O)[C@@H](O)C2)cn1. The Balaban J connectivity index is 2.07. The van der Waals surface area contributed by atoms with Gasteiger partial charge in [0.05, 0.1) is 12.7 Å². The first-order valence-electron chi connectivity index (χ1n) is 9.42. The van der Waals surface area contributed by atoms with Gasteiger partial charge in [-0.2, -0.15) is 0 Å². The van der Waals surface area contributed by atoms with Gasteiger partial charge < -0.3 is 25.2 Å². The van der Waals surface area contributed by atoms with Crippen LogP contribution in [0.3, 0.4) is 0 Å². The maximum Gasteiger partial charge on any atom is 0.114 e. The first-order chi connectivity index (χ1) is 12.5. The first-order valence-corrected chi connectivity index (χ1v) is 9.42. The summed E-state index contributed by atoms with van der Waals surface area (Å²) in [5, 5.41) is 40.1. The van der Waals surface area contributed by atoms with Crippen LogP contribution < -0.4 is 0 Å². The van der Waals surface area contributed by atoms with E-state index in [4.69, 9.17) is 4.74 Å². The van der Waals surface area contributed by atoms with Gasteiger partial charge in [0.25, 0.3) is 0 Å². The number of pyridine rings is 1. The molecule has 0 aliphatic carbocycles. The van der Waals surface area contributed by atoms with Gasteiger partial charge >= 0.3 is 0 Å². The molecule has 4 atom stereocenters. The Morgan fingerprint density at radius 1 is 1.23 bits per heavy atom. The fourth-order valence-electron chi connectivity index (χ4n) is 3.23. The Labute approximate surface area is 155 Å². The zero-order valence-electron chi connectivity index (χ0n) is 15.5. The quantitative estimate of drug-likeness (QED) is 0.603. The van der Waals surface area contributed by atoms with E-state index in [0.29, 0.717) is 13.2 Å². The molecule has 0 bridgehead atoms. The Morgan fingerprint density at radius 3 is 2.69 bits per heavy atom. The molecule has 7 nitrogen and oxygen atoms in total. The third-order valence-electron chi connectivity index (χ3n) is 4.80. The van der Waals surface area contributed by atoms with E-state index in [1.54, 1.807) is 0 Å². The van der Waals surface area contributed by atoms with Crippen molar-refractivity contribution in [3.8, 4) is 0 Å². The Kier molecular flexibility index (Phi) is 8.90. The molecular formula is C19H32N2O5. The molecule has 148 valence electrons. The number of hydrogen-bond acceptors (Lipinski definition) is 7. The van der Waals surface area contributed by atoms with Crippen LogP contribution in [0, 0.1) is 6.92 Å². The van der Waals surface area contributed by atoms with Crippen molar-refractivity contribution in [3.05, 3.63) is 29.6 Å². The summed E-state index contributed by atoms with van der Waals surface area (Å²) in [6, 6.07) is 3.97. The van der Waals surface area contributed by atoms with Crippen molar-refractivity contribution in [3.63, 3.8) is 0 Å². The minimum atomic E-state index is -1.27. The molecule has 0 spiro atoms. The van der Waals surface area contributed by atoms with Gasteiger partial charge in [0.2, 0.25) is 0 Å². The van der Waals surface area contributed by atoms with Crippen LogP contribution in [0.5, 0.6) is 0 Å². The lowest BCUT2D eigenvalue weighted by Gasteiger charge is -2.33. The lowest BCUT2D eigenvalue weighted by atomic mass is 10.0. The van der Waals surface area contributed by atoms with E-state index in [1.165, 1.54) is 0 Å². The van der Waals surface area contributed by atoms with E-state index in [9.17, 15) is 20.4 Å². The lowest BCUT2D eigenvalue weighted by Crippen LogP contribution is -2.51. The van der Waals surface area contributed by atoms with Gasteiger partial charge in [-0.25, -0.2) is 0 Å². The van der Waals surface area contributed by atoms with Crippen molar-refractivity contribution >= 4 is 0 Å². The van der Waals surface area contributed by atoms with Crippen LogP contribution in [-0.2, 0) is 11.3 Å². The topological polar surface area (TPSA) is 106 Å². The Bertz CT molecular complexity index is 513. The molecule has 1 fully saturated rings. The maximum atomic E-state index is 10.5. The summed E-state index contributed by atoms with van der Waals surface area (Å²) in [6.07, 6.45) is 1.13. The number of aromatic nitrogens is 1. The van der Waals surface area contributed by atoms with Crippen molar-refractivity contribution in [2.45, 2.75) is 63.6 Å². The number of ether oxygens (including phenoxy) is 1. The minimum absolute atomic E-state index is 0.257. The molecule has 4 N–H and O–H groups in total. The van der Waals surface area contributed by atoms with Gasteiger partial charge in [-0.1, -0.05) is 18.9 Å². The van der Waals surface area contributed by atoms with Crippen LogP contribution in [0.1, 0.15) is 36.9 Å². The van der Waals surface area contributed by atoms with Crippen molar-refractivity contribution in [1.82, 2.24) is 9.88 Å².